The number of halogens is 1. The molecule has 0 atom stereocenters. The van der Waals surface area contributed by atoms with Gasteiger partial charge in [-0.05, 0) is 42.7 Å². The predicted octanol–water partition coefficient (Wildman–Crippen LogP) is 3.27. The summed E-state index contributed by atoms with van der Waals surface area (Å²) in [7, 11) is 0. The quantitative estimate of drug-likeness (QED) is 0.742. The summed E-state index contributed by atoms with van der Waals surface area (Å²) >= 11 is 6.03. The number of aromatic amines is 1. The average molecular weight is 371 g/mol. The van der Waals surface area contributed by atoms with Gasteiger partial charge in [-0.15, -0.1) is 0 Å². The Morgan fingerprint density at radius 1 is 1.12 bits per heavy atom. The van der Waals surface area contributed by atoms with E-state index in [9.17, 15) is 9.59 Å². The second-order valence-corrected chi connectivity index (χ2v) is 7.21. The number of nitrogens with one attached hydrogen (secondary N) is 2. The molecule has 2 aromatic heterocycles. The summed E-state index contributed by atoms with van der Waals surface area (Å²) in [6.45, 7) is 0. The topological polar surface area (TPSA) is 79.3 Å². The molecule has 1 aliphatic rings. The van der Waals surface area contributed by atoms with Crippen LogP contribution in [0.5, 0.6) is 0 Å². The number of fused-ring (bicyclic) bond motifs is 1. The molecule has 1 saturated carbocycles. The van der Waals surface area contributed by atoms with Crippen LogP contribution >= 0.6 is 11.6 Å². The van der Waals surface area contributed by atoms with Gasteiger partial charge in [-0.3, -0.25) is 4.79 Å². The van der Waals surface area contributed by atoms with E-state index in [1.807, 2.05) is 24.3 Å². The third kappa shape index (κ3) is 3.01. The zero-order chi connectivity index (χ0) is 18.1. The van der Waals surface area contributed by atoms with Crippen molar-refractivity contribution in [2.24, 2.45) is 0 Å². The molecule has 2 N–H and O–H groups in total. The molecule has 0 bridgehead atoms. The van der Waals surface area contributed by atoms with Crippen molar-refractivity contribution in [2.75, 3.05) is 0 Å². The Labute approximate surface area is 155 Å². The monoisotopic (exact) mass is 370 g/mol. The highest BCUT2D eigenvalue weighted by Gasteiger charge is 2.35. The predicted molar refractivity (Wildman–Crippen MR) is 99.5 cm³/mol. The van der Waals surface area contributed by atoms with Gasteiger partial charge in [0.1, 0.15) is 0 Å². The number of carbonyl (C=O) groups excluding carboxylic acids is 1. The Morgan fingerprint density at radius 2 is 1.85 bits per heavy atom. The Balaban J connectivity index is 1.68. The SMILES string of the molecule is O=C(NC1(c2ccc(Cl)cc2)CCCCC1)c1ccc2n[nH]c(=O)n2c1. The molecular weight excluding hydrogens is 352 g/mol. The van der Waals surface area contributed by atoms with E-state index in [4.69, 9.17) is 11.6 Å². The molecule has 1 aliphatic carbocycles. The molecule has 3 aromatic rings. The molecule has 7 heteroatoms. The highest BCUT2D eigenvalue weighted by Crippen LogP contribution is 2.37. The molecule has 0 spiro atoms. The van der Waals surface area contributed by atoms with Gasteiger partial charge in [0.2, 0.25) is 0 Å². The average Bonchev–Trinajstić information content (AvgIpc) is 3.03. The molecule has 0 radical (unpaired) electrons. The van der Waals surface area contributed by atoms with E-state index in [1.54, 1.807) is 12.1 Å². The molecule has 0 unspecified atom stereocenters. The van der Waals surface area contributed by atoms with Crippen LogP contribution in [0.15, 0.2) is 47.4 Å². The summed E-state index contributed by atoms with van der Waals surface area (Å²) in [5.41, 5.74) is 1.21. The van der Waals surface area contributed by atoms with Crippen LogP contribution in [0.2, 0.25) is 5.02 Å². The molecule has 134 valence electrons. The number of benzene rings is 1. The van der Waals surface area contributed by atoms with Gasteiger partial charge in [0.15, 0.2) is 5.65 Å². The van der Waals surface area contributed by atoms with Gasteiger partial charge in [-0.1, -0.05) is 43.0 Å². The highest BCUT2D eigenvalue weighted by molar-refractivity contribution is 6.30. The lowest BCUT2D eigenvalue weighted by Crippen LogP contribution is -2.47. The van der Waals surface area contributed by atoms with Crippen molar-refractivity contribution < 1.29 is 4.79 Å². The van der Waals surface area contributed by atoms with Crippen molar-refractivity contribution in [3.05, 3.63) is 69.2 Å². The molecule has 4 rings (SSSR count). The van der Waals surface area contributed by atoms with Crippen LogP contribution < -0.4 is 11.0 Å². The summed E-state index contributed by atoms with van der Waals surface area (Å²) in [5, 5.41) is 10.2. The van der Waals surface area contributed by atoms with E-state index < -0.39 is 5.54 Å². The number of aromatic nitrogens is 3. The van der Waals surface area contributed by atoms with Crippen LogP contribution in [0.4, 0.5) is 0 Å². The second-order valence-electron chi connectivity index (χ2n) is 6.78. The summed E-state index contributed by atoms with van der Waals surface area (Å²) in [5.74, 6) is -0.197. The van der Waals surface area contributed by atoms with Crippen LogP contribution in [0.1, 0.15) is 48.0 Å². The Kier molecular flexibility index (Phi) is 4.28. The largest absolute Gasteiger partial charge is 0.347 e. The van der Waals surface area contributed by atoms with Crippen LogP contribution in [0, 0.1) is 0 Å². The summed E-state index contributed by atoms with van der Waals surface area (Å²) in [6.07, 6.45) is 6.57. The Hall–Kier alpha value is -2.60. The molecule has 1 aromatic carbocycles. The standard InChI is InChI=1S/C19H19ClN4O2/c20-15-7-5-14(6-8-15)19(10-2-1-3-11-19)21-17(25)13-4-9-16-22-23-18(26)24(16)12-13/h4-9,12H,1-3,10-11H2,(H,21,25)(H,23,26). The van der Waals surface area contributed by atoms with Crippen molar-refractivity contribution >= 4 is 23.2 Å². The molecule has 2 heterocycles. The molecule has 1 amide bonds. The minimum Gasteiger partial charge on any atom is -0.342 e. The second kappa shape index (κ2) is 6.61. The Morgan fingerprint density at radius 3 is 2.58 bits per heavy atom. The first-order valence-electron chi connectivity index (χ1n) is 8.73. The number of H-pyrrole nitrogens is 1. The van der Waals surface area contributed by atoms with Crippen molar-refractivity contribution in [3.63, 3.8) is 0 Å². The lowest BCUT2D eigenvalue weighted by atomic mass is 9.76. The van der Waals surface area contributed by atoms with E-state index in [-0.39, 0.29) is 11.6 Å². The molecule has 0 aliphatic heterocycles. The maximum Gasteiger partial charge on any atom is 0.347 e. The normalized spacial score (nSPS) is 16.5. The first-order chi connectivity index (χ1) is 12.6. The van der Waals surface area contributed by atoms with Crippen LogP contribution in [-0.4, -0.2) is 20.5 Å². The van der Waals surface area contributed by atoms with Gasteiger partial charge in [0, 0.05) is 11.2 Å². The number of pyridine rings is 1. The zero-order valence-electron chi connectivity index (χ0n) is 14.2. The van der Waals surface area contributed by atoms with Gasteiger partial charge in [-0.25, -0.2) is 14.3 Å². The van der Waals surface area contributed by atoms with Gasteiger partial charge in [0.05, 0.1) is 11.1 Å². The smallest absolute Gasteiger partial charge is 0.342 e. The van der Waals surface area contributed by atoms with Gasteiger partial charge in [-0.2, -0.15) is 5.10 Å². The highest BCUT2D eigenvalue weighted by atomic mass is 35.5. The molecule has 1 fully saturated rings. The third-order valence-electron chi connectivity index (χ3n) is 5.13. The van der Waals surface area contributed by atoms with Crippen molar-refractivity contribution in [2.45, 2.75) is 37.6 Å². The minimum atomic E-state index is -0.407. The van der Waals surface area contributed by atoms with Gasteiger partial charge < -0.3 is 5.32 Å². The van der Waals surface area contributed by atoms with Crippen LogP contribution in [0.3, 0.4) is 0 Å². The van der Waals surface area contributed by atoms with Crippen molar-refractivity contribution in [3.8, 4) is 0 Å². The maximum atomic E-state index is 13.0. The first-order valence-corrected chi connectivity index (χ1v) is 9.11. The van der Waals surface area contributed by atoms with Crippen LogP contribution in [0.25, 0.3) is 5.65 Å². The van der Waals surface area contributed by atoms with Crippen LogP contribution in [-0.2, 0) is 5.54 Å². The van der Waals surface area contributed by atoms with Gasteiger partial charge in [0.25, 0.3) is 5.91 Å². The van der Waals surface area contributed by atoms with Crippen molar-refractivity contribution in [1.82, 2.24) is 19.9 Å². The summed E-state index contributed by atoms with van der Waals surface area (Å²) < 4.78 is 1.34. The lowest BCUT2D eigenvalue weighted by molar-refractivity contribution is 0.0866. The Bertz CT molecular complexity index is 1000. The van der Waals surface area contributed by atoms with E-state index >= 15 is 0 Å². The fourth-order valence-electron chi connectivity index (χ4n) is 3.74. The van der Waals surface area contributed by atoms with Gasteiger partial charge >= 0.3 is 5.69 Å². The zero-order valence-corrected chi connectivity index (χ0v) is 14.9. The van der Waals surface area contributed by atoms with E-state index in [0.29, 0.717) is 16.2 Å². The molecule has 26 heavy (non-hydrogen) atoms. The maximum absolute atomic E-state index is 13.0. The fourth-order valence-corrected chi connectivity index (χ4v) is 3.87. The first kappa shape index (κ1) is 16.8. The summed E-state index contributed by atoms with van der Waals surface area (Å²) in [4.78, 5) is 24.7. The molecular formula is C19H19ClN4O2. The molecule has 6 nitrogen and oxygen atoms in total. The number of nitrogens with zero attached hydrogens (tertiary/aromatic N) is 2. The number of rotatable bonds is 3. The summed E-state index contributed by atoms with van der Waals surface area (Å²) in [6, 6.07) is 11.0. The van der Waals surface area contributed by atoms with E-state index in [1.165, 1.54) is 17.0 Å². The molecule has 0 saturated heterocycles. The third-order valence-corrected chi connectivity index (χ3v) is 5.38. The lowest BCUT2D eigenvalue weighted by Gasteiger charge is -2.38. The minimum absolute atomic E-state index is 0.197. The van der Waals surface area contributed by atoms with E-state index in [2.05, 4.69) is 15.5 Å². The number of hydrogen-bond acceptors (Lipinski definition) is 3. The van der Waals surface area contributed by atoms with E-state index in [0.717, 1.165) is 31.2 Å². The fraction of sp³-hybridized carbons (Fsp3) is 0.316. The number of amides is 1. The number of carbonyl (C=O) groups is 1. The van der Waals surface area contributed by atoms with Crippen molar-refractivity contribution in [1.29, 1.82) is 0 Å². The number of hydrogen-bond donors (Lipinski definition) is 2.